The zero-order chi connectivity index (χ0) is 5.15. The summed E-state index contributed by atoms with van der Waals surface area (Å²) in [5.74, 6) is 0. The van der Waals surface area contributed by atoms with E-state index < -0.39 is 12.2 Å². The summed E-state index contributed by atoms with van der Waals surface area (Å²) < 4.78 is 41.1. The third kappa shape index (κ3) is 5.46. The molecular weight excluding hydrogens is 112 g/mol. The van der Waals surface area contributed by atoms with Gasteiger partial charge in [0.1, 0.15) is 0 Å². The molecule has 4 heteroatoms. The second-order valence-electron chi connectivity index (χ2n) is 0.521. The Morgan fingerprint density at radius 1 is 0.714 bits per heavy atom. The van der Waals surface area contributed by atoms with Gasteiger partial charge in [-0.3, -0.25) is 0 Å². The number of hydrogen-bond acceptors (Lipinski definition) is 0. The average molecular weight is 112 g/mol. The van der Waals surface area contributed by atoms with E-state index in [0.29, 0.717) is 0 Å². The maximum Gasteiger partial charge on any atom is 0.334 e. The molecule has 0 aromatic carbocycles. The summed E-state index contributed by atoms with van der Waals surface area (Å²) in [6.45, 7) is 0. The summed E-state index contributed by atoms with van der Waals surface area (Å²) >= 11 is 0. The largest absolute Gasteiger partial charge is 0.334 e. The molecule has 0 heterocycles. The van der Waals surface area contributed by atoms with Crippen molar-refractivity contribution in [1.82, 2.24) is 0 Å². The Morgan fingerprint density at radius 3 is 0.857 bits per heavy atom. The standard InChI is InChI=1S/C2F4.C/c3-1(4)2(5)6;. The molecule has 0 saturated heterocycles. The molecule has 0 nitrogen and oxygen atoms in total. The lowest BCUT2D eigenvalue weighted by atomic mass is 11.1. The van der Waals surface area contributed by atoms with Crippen LogP contribution < -0.4 is 0 Å². The molecule has 0 N–H and O–H groups in total. The van der Waals surface area contributed by atoms with Crippen LogP contribution in [-0.4, -0.2) is 0 Å². The van der Waals surface area contributed by atoms with Gasteiger partial charge in [-0.05, 0) is 0 Å². The van der Waals surface area contributed by atoms with Crippen molar-refractivity contribution in [3.63, 3.8) is 0 Å². The third-order valence-electron chi connectivity index (χ3n) is 0.143. The van der Waals surface area contributed by atoms with Crippen molar-refractivity contribution in [2.45, 2.75) is 0 Å². The van der Waals surface area contributed by atoms with Crippen molar-refractivity contribution in [2.24, 2.45) is 0 Å². The van der Waals surface area contributed by atoms with Crippen molar-refractivity contribution in [1.29, 1.82) is 0 Å². The monoisotopic (exact) mass is 112 g/mol. The van der Waals surface area contributed by atoms with Crippen molar-refractivity contribution in [3.05, 3.63) is 19.6 Å². The molecule has 0 fully saturated rings. The minimum atomic E-state index is -2.91. The molecule has 0 unspecified atom stereocenters. The number of halogens is 4. The summed E-state index contributed by atoms with van der Waals surface area (Å²) in [4.78, 5) is 0. The summed E-state index contributed by atoms with van der Waals surface area (Å²) in [6, 6.07) is 0. The van der Waals surface area contributed by atoms with E-state index in [-0.39, 0.29) is 7.43 Å². The number of rotatable bonds is 0. The first-order chi connectivity index (χ1) is 2.64. The molecule has 0 spiro atoms. The molecule has 0 aliphatic rings. The van der Waals surface area contributed by atoms with Gasteiger partial charge in [-0.15, -0.1) is 0 Å². The molecule has 0 rings (SSSR count). The second-order valence-corrected chi connectivity index (χ2v) is 0.521. The molecule has 0 aliphatic heterocycles. The fourth-order valence-electron chi connectivity index (χ4n) is 0. The SMILES string of the molecule is FC(F)=C(F)F.[C]. The molecule has 4 radical (unpaired) electrons. The van der Waals surface area contributed by atoms with Crippen LogP contribution >= 0.6 is 0 Å². The first-order valence-electron chi connectivity index (χ1n) is 1.01. The third-order valence-corrected chi connectivity index (χ3v) is 0.143. The highest BCUT2D eigenvalue weighted by molar-refractivity contribution is 4.77. The zero-order valence-corrected chi connectivity index (χ0v) is 3.01. The molecule has 0 amide bonds. The predicted molar refractivity (Wildman–Crippen MR) is 14.7 cm³/mol. The second kappa shape index (κ2) is 3.64. The van der Waals surface area contributed by atoms with E-state index in [4.69, 9.17) is 0 Å². The fraction of sp³-hybridized carbons (Fsp3) is 0. The topological polar surface area (TPSA) is 0 Å². The maximum absolute atomic E-state index is 10.3. The van der Waals surface area contributed by atoms with Gasteiger partial charge >= 0.3 is 12.2 Å². The summed E-state index contributed by atoms with van der Waals surface area (Å²) in [7, 11) is 0. The predicted octanol–water partition coefficient (Wildman–Crippen LogP) is 2.07. The van der Waals surface area contributed by atoms with Crippen LogP contribution in [0, 0.1) is 7.43 Å². The average Bonchev–Trinajstić information content (AvgIpc) is 1.36. The smallest absolute Gasteiger partial charge is 0.167 e. The lowest BCUT2D eigenvalue weighted by Crippen LogP contribution is -1.56. The van der Waals surface area contributed by atoms with Gasteiger partial charge in [0.05, 0.1) is 0 Å². The molecule has 40 valence electrons. The van der Waals surface area contributed by atoms with Crippen LogP contribution in [0.3, 0.4) is 0 Å². The molecule has 0 aromatic rings. The molecule has 0 atom stereocenters. The van der Waals surface area contributed by atoms with Crippen LogP contribution in [0.25, 0.3) is 0 Å². The van der Waals surface area contributed by atoms with E-state index in [9.17, 15) is 17.6 Å². The lowest BCUT2D eigenvalue weighted by molar-refractivity contribution is 0.308. The highest BCUT2D eigenvalue weighted by Crippen LogP contribution is 2.08. The van der Waals surface area contributed by atoms with Crippen LogP contribution in [0.15, 0.2) is 12.2 Å². The highest BCUT2D eigenvalue weighted by Gasteiger charge is 1.98. The first kappa shape index (κ1) is 9.68. The van der Waals surface area contributed by atoms with Crippen LogP contribution in [0.5, 0.6) is 0 Å². The van der Waals surface area contributed by atoms with Gasteiger partial charge in [0.15, 0.2) is 0 Å². The van der Waals surface area contributed by atoms with Crippen LogP contribution in [-0.2, 0) is 0 Å². The molecule has 0 saturated carbocycles. The van der Waals surface area contributed by atoms with Gasteiger partial charge in [-0.1, -0.05) is 0 Å². The zero-order valence-electron chi connectivity index (χ0n) is 3.01. The van der Waals surface area contributed by atoms with Crippen molar-refractivity contribution >= 4 is 0 Å². The Labute approximate surface area is 38.4 Å². The van der Waals surface area contributed by atoms with E-state index in [2.05, 4.69) is 0 Å². The van der Waals surface area contributed by atoms with Gasteiger partial charge in [-0.2, -0.15) is 17.6 Å². The number of hydrogen-bond donors (Lipinski definition) is 0. The molecule has 0 aromatic heterocycles. The van der Waals surface area contributed by atoms with Crippen molar-refractivity contribution in [2.75, 3.05) is 0 Å². The van der Waals surface area contributed by atoms with E-state index >= 15 is 0 Å². The van der Waals surface area contributed by atoms with Crippen molar-refractivity contribution < 1.29 is 17.6 Å². The molecule has 7 heavy (non-hydrogen) atoms. The molecule has 0 aliphatic carbocycles. The van der Waals surface area contributed by atoms with Gasteiger partial charge in [0, 0.05) is 7.43 Å². The Morgan fingerprint density at radius 2 is 0.857 bits per heavy atom. The Kier molecular flexibility index (Phi) is 5.04. The van der Waals surface area contributed by atoms with Gasteiger partial charge < -0.3 is 0 Å². The van der Waals surface area contributed by atoms with Crippen LogP contribution in [0.1, 0.15) is 0 Å². The lowest BCUT2D eigenvalue weighted by Gasteiger charge is -1.69. The van der Waals surface area contributed by atoms with Crippen LogP contribution in [0.4, 0.5) is 17.6 Å². The van der Waals surface area contributed by atoms with E-state index in [1.807, 2.05) is 0 Å². The van der Waals surface area contributed by atoms with E-state index in [0.717, 1.165) is 0 Å². The Balaban J connectivity index is 0. The summed E-state index contributed by atoms with van der Waals surface area (Å²) in [5, 5.41) is 0. The Bertz CT molecular complexity index is 57.0. The fourth-order valence-corrected chi connectivity index (χ4v) is 0. The van der Waals surface area contributed by atoms with Gasteiger partial charge in [0.2, 0.25) is 0 Å². The summed E-state index contributed by atoms with van der Waals surface area (Å²) in [6.07, 6.45) is -5.81. The highest BCUT2D eigenvalue weighted by atomic mass is 19.3. The van der Waals surface area contributed by atoms with Gasteiger partial charge in [0.25, 0.3) is 0 Å². The van der Waals surface area contributed by atoms with Crippen LogP contribution in [0.2, 0.25) is 0 Å². The Hall–Kier alpha value is -0.540. The maximum atomic E-state index is 10.3. The van der Waals surface area contributed by atoms with Gasteiger partial charge in [-0.25, -0.2) is 0 Å². The molecule has 0 bridgehead atoms. The van der Waals surface area contributed by atoms with E-state index in [1.54, 1.807) is 0 Å². The minimum absolute atomic E-state index is 0. The molecular formula is C3F4. The first-order valence-corrected chi connectivity index (χ1v) is 1.01. The van der Waals surface area contributed by atoms with E-state index in [1.165, 1.54) is 0 Å². The normalized spacial score (nSPS) is 6.86. The van der Waals surface area contributed by atoms with Crippen molar-refractivity contribution in [3.8, 4) is 0 Å². The quantitative estimate of drug-likeness (QED) is 0.421. The minimum Gasteiger partial charge on any atom is -0.167 e. The summed E-state index contributed by atoms with van der Waals surface area (Å²) in [5.41, 5.74) is 0.